The van der Waals surface area contributed by atoms with Crippen molar-refractivity contribution in [1.29, 1.82) is 0 Å². The van der Waals surface area contributed by atoms with Gasteiger partial charge in [0.15, 0.2) is 24.4 Å². The summed E-state index contributed by atoms with van der Waals surface area (Å²) in [5.74, 6) is -0.990. The van der Waals surface area contributed by atoms with Crippen LogP contribution in [0.4, 0.5) is 0 Å². The zero-order chi connectivity index (χ0) is 20.4. The molecule has 27 heavy (non-hydrogen) atoms. The molecule has 0 amide bonds. The van der Waals surface area contributed by atoms with Gasteiger partial charge in [0.25, 0.3) is 0 Å². The second-order valence-corrected chi connectivity index (χ2v) is 6.09. The van der Waals surface area contributed by atoms with Gasteiger partial charge in [0.1, 0.15) is 0 Å². The largest absolute Gasteiger partial charge is 0.494 e. The topological polar surface area (TPSA) is 95.8 Å². The van der Waals surface area contributed by atoms with Gasteiger partial charge in [-0.15, -0.1) is 0 Å². The molecule has 0 spiro atoms. The van der Waals surface area contributed by atoms with Gasteiger partial charge in [-0.2, -0.15) is 0 Å². The molecule has 156 valence electrons. The van der Waals surface area contributed by atoms with E-state index in [9.17, 15) is 10.2 Å². The Hall–Kier alpha value is -1.42. The van der Waals surface area contributed by atoms with E-state index in [1.54, 1.807) is 14.0 Å². The first-order chi connectivity index (χ1) is 12.9. The third-order valence-corrected chi connectivity index (χ3v) is 4.47. The standard InChI is InChI=1S/C19H32O8/c1-13(11-20)7-8-15-14(2)19(21,25-6)18(24-5)17(23-4)16(15)27-12-26-10-9-22-3/h7,18,20-21H,8-12H2,1-6H3. The van der Waals surface area contributed by atoms with Crippen molar-refractivity contribution in [2.45, 2.75) is 32.2 Å². The number of aliphatic hydroxyl groups excluding tert-OH is 1. The molecule has 2 N–H and O–H groups in total. The van der Waals surface area contributed by atoms with E-state index < -0.39 is 11.9 Å². The fourth-order valence-corrected chi connectivity index (χ4v) is 2.80. The molecule has 0 heterocycles. The lowest BCUT2D eigenvalue weighted by Gasteiger charge is -2.40. The van der Waals surface area contributed by atoms with E-state index >= 15 is 0 Å². The lowest BCUT2D eigenvalue weighted by atomic mass is 9.86. The Kier molecular flexibility index (Phi) is 10.00. The molecule has 0 aromatic heterocycles. The molecule has 0 radical (unpaired) electrons. The van der Waals surface area contributed by atoms with Crippen LogP contribution in [0.2, 0.25) is 0 Å². The number of ether oxygens (including phenoxy) is 6. The van der Waals surface area contributed by atoms with Crippen molar-refractivity contribution in [3.05, 3.63) is 34.3 Å². The maximum atomic E-state index is 11.1. The zero-order valence-corrected chi connectivity index (χ0v) is 17.0. The quantitative estimate of drug-likeness (QED) is 0.295. The Bertz CT molecular complexity index is 566. The minimum atomic E-state index is -1.71. The summed E-state index contributed by atoms with van der Waals surface area (Å²) < 4.78 is 32.5. The maximum absolute atomic E-state index is 11.1. The fraction of sp³-hybridized carbons (Fsp3) is 0.684. The normalized spacial score (nSPS) is 23.9. The number of rotatable bonds is 12. The molecule has 8 heteroatoms. The molecule has 1 aliphatic rings. The number of hydrogen-bond donors (Lipinski definition) is 2. The third kappa shape index (κ3) is 5.54. The van der Waals surface area contributed by atoms with E-state index in [2.05, 4.69) is 0 Å². The molecule has 2 atom stereocenters. The molecule has 0 aliphatic heterocycles. The van der Waals surface area contributed by atoms with Crippen molar-refractivity contribution in [2.75, 3.05) is 55.1 Å². The van der Waals surface area contributed by atoms with Crippen LogP contribution in [0.3, 0.4) is 0 Å². The average molecular weight is 388 g/mol. The summed E-state index contributed by atoms with van der Waals surface area (Å²) in [5, 5.41) is 20.3. The average Bonchev–Trinajstić information content (AvgIpc) is 2.68. The molecule has 8 nitrogen and oxygen atoms in total. The maximum Gasteiger partial charge on any atom is 0.223 e. The van der Waals surface area contributed by atoms with E-state index in [1.165, 1.54) is 21.3 Å². The Balaban J connectivity index is 3.28. The number of aliphatic hydroxyl groups is 2. The summed E-state index contributed by atoms with van der Waals surface area (Å²) in [6.45, 7) is 4.31. The van der Waals surface area contributed by atoms with Gasteiger partial charge in [0.2, 0.25) is 5.79 Å². The van der Waals surface area contributed by atoms with E-state index in [-0.39, 0.29) is 13.4 Å². The Labute approximate surface area is 161 Å². The first kappa shape index (κ1) is 23.6. The predicted octanol–water partition coefficient (Wildman–Crippen LogP) is 1.49. The number of methoxy groups -OCH3 is 4. The van der Waals surface area contributed by atoms with Gasteiger partial charge in [-0.25, -0.2) is 0 Å². The monoisotopic (exact) mass is 388 g/mol. The van der Waals surface area contributed by atoms with E-state index in [1.807, 2.05) is 13.0 Å². The summed E-state index contributed by atoms with van der Waals surface area (Å²) in [7, 11) is 5.91. The highest BCUT2D eigenvalue weighted by molar-refractivity contribution is 5.44. The highest BCUT2D eigenvalue weighted by atomic mass is 16.7. The summed E-state index contributed by atoms with van der Waals surface area (Å²) in [4.78, 5) is 0. The van der Waals surface area contributed by atoms with Crippen molar-refractivity contribution >= 4 is 0 Å². The van der Waals surface area contributed by atoms with Crippen molar-refractivity contribution in [3.8, 4) is 0 Å². The Morgan fingerprint density at radius 3 is 2.41 bits per heavy atom. The number of hydrogen-bond acceptors (Lipinski definition) is 8. The van der Waals surface area contributed by atoms with Crippen LogP contribution in [0.1, 0.15) is 20.3 Å². The van der Waals surface area contributed by atoms with Crippen LogP contribution in [0.15, 0.2) is 34.3 Å². The van der Waals surface area contributed by atoms with Crippen LogP contribution in [-0.2, 0) is 28.4 Å². The molecular formula is C19H32O8. The van der Waals surface area contributed by atoms with Crippen LogP contribution in [0.5, 0.6) is 0 Å². The van der Waals surface area contributed by atoms with Gasteiger partial charge in [-0.3, -0.25) is 0 Å². The van der Waals surface area contributed by atoms with Crippen LogP contribution >= 0.6 is 0 Å². The Morgan fingerprint density at radius 2 is 1.89 bits per heavy atom. The smallest absolute Gasteiger partial charge is 0.223 e. The van der Waals surface area contributed by atoms with Gasteiger partial charge in [-0.05, 0) is 25.8 Å². The fourth-order valence-electron chi connectivity index (χ4n) is 2.80. The summed E-state index contributed by atoms with van der Waals surface area (Å²) >= 11 is 0. The van der Waals surface area contributed by atoms with Gasteiger partial charge >= 0.3 is 0 Å². The van der Waals surface area contributed by atoms with Crippen molar-refractivity contribution < 1.29 is 38.6 Å². The molecule has 0 saturated heterocycles. The number of allylic oxidation sites excluding steroid dienone is 2. The Morgan fingerprint density at radius 1 is 1.19 bits per heavy atom. The molecule has 0 aromatic rings. The zero-order valence-electron chi connectivity index (χ0n) is 17.0. The summed E-state index contributed by atoms with van der Waals surface area (Å²) in [6, 6.07) is 0. The minimum Gasteiger partial charge on any atom is -0.494 e. The molecule has 0 bridgehead atoms. The molecule has 1 rings (SSSR count). The second kappa shape index (κ2) is 11.4. The molecule has 2 unspecified atom stereocenters. The van der Waals surface area contributed by atoms with Gasteiger partial charge < -0.3 is 38.6 Å². The molecule has 1 aliphatic carbocycles. The van der Waals surface area contributed by atoms with Crippen LogP contribution < -0.4 is 0 Å². The third-order valence-electron chi connectivity index (χ3n) is 4.47. The van der Waals surface area contributed by atoms with Crippen molar-refractivity contribution in [3.63, 3.8) is 0 Å². The molecule has 0 fully saturated rings. The highest BCUT2D eigenvalue weighted by Crippen LogP contribution is 2.41. The van der Waals surface area contributed by atoms with E-state index in [0.29, 0.717) is 42.3 Å². The highest BCUT2D eigenvalue weighted by Gasteiger charge is 2.49. The first-order valence-electron chi connectivity index (χ1n) is 8.66. The lowest BCUT2D eigenvalue weighted by Crippen LogP contribution is -2.51. The van der Waals surface area contributed by atoms with Crippen LogP contribution in [-0.4, -0.2) is 77.2 Å². The minimum absolute atomic E-state index is 0.0210. The SMILES string of the molecule is COCCOCOC1=C(OC)C(OC)C(O)(OC)C(C)=C1CC=C(C)CO. The van der Waals surface area contributed by atoms with Gasteiger partial charge in [0, 0.05) is 26.9 Å². The van der Waals surface area contributed by atoms with Crippen molar-refractivity contribution in [1.82, 2.24) is 0 Å². The van der Waals surface area contributed by atoms with Gasteiger partial charge in [0.05, 0.1) is 26.9 Å². The lowest BCUT2D eigenvalue weighted by molar-refractivity contribution is -0.225. The van der Waals surface area contributed by atoms with Gasteiger partial charge in [-0.1, -0.05) is 11.6 Å². The predicted molar refractivity (Wildman–Crippen MR) is 98.7 cm³/mol. The molecule has 0 saturated carbocycles. The van der Waals surface area contributed by atoms with E-state index in [0.717, 1.165) is 5.57 Å². The summed E-state index contributed by atoms with van der Waals surface area (Å²) in [5.41, 5.74) is 2.00. The van der Waals surface area contributed by atoms with Crippen molar-refractivity contribution in [2.24, 2.45) is 0 Å². The van der Waals surface area contributed by atoms with Crippen LogP contribution in [0.25, 0.3) is 0 Å². The second-order valence-electron chi connectivity index (χ2n) is 6.09. The first-order valence-corrected chi connectivity index (χ1v) is 8.66. The van der Waals surface area contributed by atoms with E-state index in [4.69, 9.17) is 28.4 Å². The molecule has 0 aromatic carbocycles. The summed E-state index contributed by atoms with van der Waals surface area (Å²) in [6.07, 6.45) is 1.35. The van der Waals surface area contributed by atoms with Crippen LogP contribution in [0, 0.1) is 0 Å². The molecular weight excluding hydrogens is 356 g/mol.